The summed E-state index contributed by atoms with van der Waals surface area (Å²) >= 11 is 0. The molecule has 0 bridgehead atoms. The molecule has 1 heterocycles. The van der Waals surface area contributed by atoms with Gasteiger partial charge in [0.25, 0.3) is 0 Å². The second-order valence-corrected chi connectivity index (χ2v) is 8.86. The number of methoxy groups -OCH3 is 1. The van der Waals surface area contributed by atoms with Gasteiger partial charge in [0, 0.05) is 23.5 Å². The molecule has 0 saturated carbocycles. The van der Waals surface area contributed by atoms with Crippen LogP contribution in [0.2, 0.25) is 0 Å². The number of hydrogen-bond acceptors (Lipinski definition) is 6. The molecule has 2 N–H and O–H groups in total. The fraction of sp³-hybridized carbons (Fsp3) is 0.286. The summed E-state index contributed by atoms with van der Waals surface area (Å²) in [6, 6.07) is 16.0. The van der Waals surface area contributed by atoms with Gasteiger partial charge in [-0.1, -0.05) is 37.3 Å². The van der Waals surface area contributed by atoms with E-state index in [0.29, 0.717) is 57.4 Å². The first kappa shape index (κ1) is 23.5. The van der Waals surface area contributed by atoms with Crippen molar-refractivity contribution >= 4 is 11.9 Å². The topological polar surface area (TPSA) is 112 Å². The Kier molecular flexibility index (Phi) is 5.96. The lowest BCUT2D eigenvalue weighted by molar-refractivity contribution is -0.165. The predicted molar refractivity (Wildman–Crippen MR) is 130 cm³/mol. The molecule has 0 aromatic heterocycles. The van der Waals surface area contributed by atoms with Crippen molar-refractivity contribution in [2.45, 2.75) is 25.7 Å². The highest BCUT2D eigenvalue weighted by atomic mass is 16.7. The van der Waals surface area contributed by atoms with Gasteiger partial charge in [0.2, 0.25) is 6.79 Å². The summed E-state index contributed by atoms with van der Waals surface area (Å²) in [6.07, 6.45) is 0.555. The minimum atomic E-state index is -2.13. The number of para-hydroxylation sites is 1. The fourth-order valence-corrected chi connectivity index (χ4v) is 5.27. The molecule has 1 unspecified atom stereocenters. The van der Waals surface area contributed by atoms with Crippen molar-refractivity contribution in [1.82, 2.24) is 0 Å². The highest BCUT2D eigenvalue weighted by Gasteiger charge is 2.59. The largest absolute Gasteiger partial charge is 0.496 e. The van der Waals surface area contributed by atoms with Crippen LogP contribution < -0.4 is 18.9 Å². The number of rotatable bonds is 8. The average molecular weight is 491 g/mol. The molecular weight excluding hydrogens is 464 g/mol. The van der Waals surface area contributed by atoms with Crippen LogP contribution >= 0.6 is 0 Å². The molecule has 8 heteroatoms. The molecule has 0 spiro atoms. The minimum Gasteiger partial charge on any atom is -0.496 e. The third kappa shape index (κ3) is 3.52. The molecule has 0 saturated heterocycles. The van der Waals surface area contributed by atoms with Crippen molar-refractivity contribution in [1.29, 1.82) is 0 Å². The molecule has 0 amide bonds. The van der Waals surface area contributed by atoms with Crippen LogP contribution in [0, 0.1) is 5.41 Å². The Morgan fingerprint density at radius 1 is 1.00 bits per heavy atom. The van der Waals surface area contributed by atoms with Crippen molar-refractivity contribution in [3.63, 3.8) is 0 Å². The van der Waals surface area contributed by atoms with Gasteiger partial charge in [0.05, 0.1) is 13.7 Å². The Hall–Kier alpha value is -4.20. The van der Waals surface area contributed by atoms with Gasteiger partial charge in [-0.2, -0.15) is 0 Å². The fourth-order valence-electron chi connectivity index (χ4n) is 5.27. The Balaban J connectivity index is 1.80. The van der Waals surface area contributed by atoms with Crippen LogP contribution in [0.3, 0.4) is 0 Å². The standard InChI is InChI=1S/C28H26O8/c1-3-12-34-22-11-9-17-19(24(22)18-6-4-5-7-20(18)33-2)14-28(26(29)30,27(31)32)25(17)16-8-10-21-23(13-16)36-15-35-21/h4-11,13,25H,3,12,14-15H2,1-2H3,(H,29,30)(H,31,32). The van der Waals surface area contributed by atoms with Gasteiger partial charge in [-0.05, 0) is 47.4 Å². The predicted octanol–water partition coefficient (Wildman–Crippen LogP) is 4.72. The van der Waals surface area contributed by atoms with Gasteiger partial charge in [-0.15, -0.1) is 0 Å². The molecule has 186 valence electrons. The summed E-state index contributed by atoms with van der Waals surface area (Å²) in [4.78, 5) is 25.6. The van der Waals surface area contributed by atoms with Crippen LogP contribution in [-0.4, -0.2) is 42.7 Å². The van der Waals surface area contributed by atoms with E-state index in [2.05, 4.69) is 0 Å². The molecule has 1 aliphatic carbocycles. The van der Waals surface area contributed by atoms with Gasteiger partial charge in [-0.3, -0.25) is 9.59 Å². The van der Waals surface area contributed by atoms with Crippen LogP contribution in [0.15, 0.2) is 54.6 Å². The van der Waals surface area contributed by atoms with E-state index in [0.717, 1.165) is 6.42 Å². The highest BCUT2D eigenvalue weighted by Crippen LogP contribution is 2.56. The lowest BCUT2D eigenvalue weighted by atomic mass is 9.72. The maximum Gasteiger partial charge on any atom is 0.322 e. The number of aliphatic carboxylic acids is 2. The van der Waals surface area contributed by atoms with Crippen LogP contribution in [0.1, 0.15) is 36.0 Å². The maximum atomic E-state index is 12.8. The molecule has 3 aromatic rings. The molecule has 0 radical (unpaired) electrons. The quantitative estimate of drug-likeness (QED) is 0.436. The van der Waals surface area contributed by atoms with E-state index < -0.39 is 23.3 Å². The summed E-state index contributed by atoms with van der Waals surface area (Å²) in [6.45, 7) is 2.50. The molecule has 8 nitrogen and oxygen atoms in total. The van der Waals surface area contributed by atoms with Crippen molar-refractivity contribution in [3.05, 3.63) is 71.3 Å². The Bertz CT molecular complexity index is 1330. The SMILES string of the molecule is CCCOc1ccc2c(c1-c1ccccc1OC)CC(C(=O)O)(C(=O)O)C2c1ccc2c(c1)OCO2. The lowest BCUT2D eigenvalue weighted by Crippen LogP contribution is -2.43. The van der Waals surface area contributed by atoms with Crippen LogP contribution in [0.25, 0.3) is 11.1 Å². The number of ether oxygens (including phenoxy) is 4. The van der Waals surface area contributed by atoms with E-state index in [1.54, 1.807) is 37.4 Å². The number of benzene rings is 3. The first-order valence-corrected chi connectivity index (χ1v) is 11.7. The van der Waals surface area contributed by atoms with Gasteiger partial charge >= 0.3 is 11.9 Å². The summed E-state index contributed by atoms with van der Waals surface area (Å²) in [5.41, 5.74) is 0.975. The van der Waals surface area contributed by atoms with Gasteiger partial charge in [0.15, 0.2) is 16.9 Å². The van der Waals surface area contributed by atoms with Crippen LogP contribution in [0.4, 0.5) is 0 Å². The molecule has 0 fully saturated rings. The van der Waals surface area contributed by atoms with E-state index in [1.807, 2.05) is 31.2 Å². The first-order chi connectivity index (χ1) is 17.4. The van der Waals surface area contributed by atoms with E-state index in [9.17, 15) is 19.8 Å². The highest BCUT2D eigenvalue weighted by molar-refractivity contribution is 6.02. The Morgan fingerprint density at radius 2 is 1.75 bits per heavy atom. The van der Waals surface area contributed by atoms with Crippen LogP contribution in [-0.2, 0) is 16.0 Å². The molecule has 5 rings (SSSR count). The zero-order valence-electron chi connectivity index (χ0n) is 19.9. The van der Waals surface area contributed by atoms with E-state index in [1.165, 1.54) is 0 Å². The summed E-state index contributed by atoms with van der Waals surface area (Å²) in [7, 11) is 1.56. The van der Waals surface area contributed by atoms with Crippen molar-refractivity contribution in [2.75, 3.05) is 20.5 Å². The smallest absolute Gasteiger partial charge is 0.322 e. The second kappa shape index (κ2) is 9.11. The zero-order chi connectivity index (χ0) is 25.4. The van der Waals surface area contributed by atoms with Gasteiger partial charge < -0.3 is 29.2 Å². The lowest BCUT2D eigenvalue weighted by Gasteiger charge is -2.28. The summed E-state index contributed by atoms with van der Waals surface area (Å²) < 4.78 is 22.6. The second-order valence-electron chi connectivity index (χ2n) is 8.86. The Labute approximate surface area is 208 Å². The summed E-state index contributed by atoms with van der Waals surface area (Å²) in [5, 5.41) is 20.8. The van der Waals surface area contributed by atoms with Gasteiger partial charge in [-0.25, -0.2) is 0 Å². The minimum absolute atomic E-state index is 0.0547. The number of carboxylic acid groups (broad SMARTS) is 2. The number of hydrogen-bond donors (Lipinski definition) is 2. The Morgan fingerprint density at radius 3 is 2.47 bits per heavy atom. The van der Waals surface area contributed by atoms with E-state index in [4.69, 9.17) is 18.9 Å². The van der Waals surface area contributed by atoms with Crippen molar-refractivity contribution in [2.24, 2.45) is 5.41 Å². The zero-order valence-corrected chi connectivity index (χ0v) is 19.9. The third-order valence-electron chi connectivity index (χ3n) is 6.90. The first-order valence-electron chi connectivity index (χ1n) is 11.7. The monoisotopic (exact) mass is 490 g/mol. The van der Waals surface area contributed by atoms with E-state index >= 15 is 0 Å². The number of carbonyl (C=O) groups is 2. The van der Waals surface area contributed by atoms with Crippen LogP contribution in [0.5, 0.6) is 23.0 Å². The molecule has 1 aliphatic heterocycles. The van der Waals surface area contributed by atoms with Crippen molar-refractivity contribution < 1.29 is 38.7 Å². The normalized spacial score (nSPS) is 16.9. The summed E-state index contributed by atoms with van der Waals surface area (Å²) in [5.74, 6) is -1.66. The average Bonchev–Trinajstić information content (AvgIpc) is 3.49. The van der Waals surface area contributed by atoms with E-state index in [-0.39, 0.29) is 13.2 Å². The third-order valence-corrected chi connectivity index (χ3v) is 6.90. The van der Waals surface area contributed by atoms with Crippen molar-refractivity contribution in [3.8, 4) is 34.1 Å². The number of fused-ring (bicyclic) bond motifs is 2. The maximum absolute atomic E-state index is 12.8. The molecule has 1 atom stereocenters. The molecule has 3 aromatic carbocycles. The molecule has 36 heavy (non-hydrogen) atoms. The molecular formula is C28H26O8. The molecule has 2 aliphatic rings. The number of carboxylic acids is 2. The van der Waals surface area contributed by atoms with Gasteiger partial charge in [0.1, 0.15) is 11.5 Å².